The van der Waals surface area contributed by atoms with Crippen LogP contribution in [0.2, 0.25) is 0 Å². The van der Waals surface area contributed by atoms with Crippen LogP contribution in [0.3, 0.4) is 0 Å². The Morgan fingerprint density at radius 2 is 2.32 bits per heavy atom. The highest BCUT2D eigenvalue weighted by molar-refractivity contribution is 5.93. The second-order valence-corrected chi connectivity index (χ2v) is 5.16. The lowest BCUT2D eigenvalue weighted by Crippen LogP contribution is -2.36. The molecule has 1 aliphatic heterocycles. The Labute approximate surface area is 112 Å². The van der Waals surface area contributed by atoms with Crippen molar-refractivity contribution >= 4 is 11.6 Å². The third-order valence-corrected chi connectivity index (χ3v) is 3.08. The third kappa shape index (κ3) is 3.13. The molecule has 19 heavy (non-hydrogen) atoms. The lowest BCUT2D eigenvalue weighted by atomic mass is 10.0. The van der Waals surface area contributed by atoms with Gasteiger partial charge in [0.15, 0.2) is 5.76 Å². The van der Waals surface area contributed by atoms with Gasteiger partial charge < -0.3 is 14.3 Å². The number of hydrogen-bond donors (Lipinski definition) is 0. The quantitative estimate of drug-likeness (QED) is 0.831. The summed E-state index contributed by atoms with van der Waals surface area (Å²) in [5.41, 5.74) is 1.74. The van der Waals surface area contributed by atoms with Gasteiger partial charge >= 0.3 is 0 Å². The van der Waals surface area contributed by atoms with Gasteiger partial charge in [-0.15, -0.1) is 0 Å². The number of nitrogens with zero attached hydrogens (tertiary/aromatic N) is 3. The van der Waals surface area contributed by atoms with Gasteiger partial charge in [0.1, 0.15) is 0 Å². The molecule has 0 aromatic carbocycles. The van der Waals surface area contributed by atoms with E-state index in [1.165, 1.54) is 0 Å². The van der Waals surface area contributed by atoms with E-state index in [4.69, 9.17) is 9.36 Å². The van der Waals surface area contributed by atoms with Crippen LogP contribution in [-0.4, -0.2) is 34.8 Å². The van der Waals surface area contributed by atoms with Crippen molar-refractivity contribution < 1.29 is 14.2 Å². The van der Waals surface area contributed by atoms with Crippen LogP contribution in [0, 0.1) is 12.8 Å². The molecule has 6 heteroatoms. The number of oxime groups is 1. The minimum Gasteiger partial charge on any atom is -0.382 e. The van der Waals surface area contributed by atoms with Crippen LogP contribution in [0.5, 0.6) is 0 Å². The van der Waals surface area contributed by atoms with Crippen LogP contribution in [0.15, 0.2) is 15.7 Å². The molecule has 0 saturated heterocycles. The van der Waals surface area contributed by atoms with Crippen molar-refractivity contribution in [3.8, 4) is 0 Å². The number of likely N-dealkylation sites (N-methyl/N-ethyl adjacent to an activating group) is 1. The van der Waals surface area contributed by atoms with Gasteiger partial charge in [0.2, 0.25) is 6.10 Å². The molecule has 0 aliphatic carbocycles. The van der Waals surface area contributed by atoms with Crippen molar-refractivity contribution in [3.63, 3.8) is 0 Å². The maximum Gasteiger partial charge on any atom is 0.267 e. The molecule has 1 atom stereocenters. The van der Waals surface area contributed by atoms with Gasteiger partial charge in [-0.3, -0.25) is 4.79 Å². The van der Waals surface area contributed by atoms with E-state index in [9.17, 15) is 4.79 Å². The molecular weight excluding hydrogens is 246 g/mol. The zero-order chi connectivity index (χ0) is 14.0. The van der Waals surface area contributed by atoms with Gasteiger partial charge in [-0.2, -0.15) is 0 Å². The van der Waals surface area contributed by atoms with Gasteiger partial charge in [0.25, 0.3) is 5.91 Å². The number of rotatable bonds is 4. The highest BCUT2D eigenvalue weighted by Crippen LogP contribution is 2.18. The largest absolute Gasteiger partial charge is 0.382 e. The Kier molecular flexibility index (Phi) is 3.87. The first-order valence-electron chi connectivity index (χ1n) is 6.37. The van der Waals surface area contributed by atoms with Crippen LogP contribution < -0.4 is 0 Å². The predicted molar refractivity (Wildman–Crippen MR) is 69.5 cm³/mol. The van der Waals surface area contributed by atoms with Gasteiger partial charge in [-0.1, -0.05) is 24.2 Å². The topological polar surface area (TPSA) is 67.9 Å². The number of aromatic nitrogens is 1. The lowest BCUT2D eigenvalue weighted by Gasteiger charge is -2.18. The molecule has 0 spiro atoms. The van der Waals surface area contributed by atoms with Crippen LogP contribution in [0.25, 0.3) is 0 Å². The lowest BCUT2D eigenvalue weighted by molar-refractivity contribution is -0.141. The first-order valence-corrected chi connectivity index (χ1v) is 6.37. The van der Waals surface area contributed by atoms with Crippen molar-refractivity contribution in [2.24, 2.45) is 11.1 Å². The summed E-state index contributed by atoms with van der Waals surface area (Å²) in [6, 6.07) is 1.81. The molecule has 0 bridgehead atoms. The van der Waals surface area contributed by atoms with E-state index >= 15 is 0 Å². The monoisotopic (exact) mass is 265 g/mol. The normalized spacial score (nSPS) is 18.4. The Morgan fingerprint density at radius 3 is 2.84 bits per heavy atom. The first kappa shape index (κ1) is 13.6. The highest BCUT2D eigenvalue weighted by Gasteiger charge is 2.31. The van der Waals surface area contributed by atoms with Gasteiger partial charge in [0, 0.05) is 19.5 Å². The van der Waals surface area contributed by atoms with E-state index in [0.29, 0.717) is 24.6 Å². The Hall–Kier alpha value is -1.85. The van der Waals surface area contributed by atoms with E-state index in [2.05, 4.69) is 10.3 Å². The molecule has 0 saturated carbocycles. The Morgan fingerprint density at radius 1 is 1.58 bits per heavy atom. The van der Waals surface area contributed by atoms with Crippen molar-refractivity contribution in [1.29, 1.82) is 0 Å². The second-order valence-electron chi connectivity index (χ2n) is 5.16. The van der Waals surface area contributed by atoms with Crippen molar-refractivity contribution in [1.82, 2.24) is 10.1 Å². The molecule has 1 aromatic rings. The predicted octanol–water partition coefficient (Wildman–Crippen LogP) is 1.74. The maximum atomic E-state index is 12.2. The molecule has 1 aromatic heterocycles. The summed E-state index contributed by atoms with van der Waals surface area (Å²) in [5, 5.41) is 7.76. The highest BCUT2D eigenvalue weighted by atomic mass is 16.6. The summed E-state index contributed by atoms with van der Waals surface area (Å²) in [5.74, 6) is 0.879. The van der Waals surface area contributed by atoms with E-state index in [-0.39, 0.29) is 5.91 Å². The second kappa shape index (κ2) is 5.42. The molecule has 2 rings (SSSR count). The molecule has 104 valence electrons. The summed E-state index contributed by atoms with van der Waals surface area (Å²) in [4.78, 5) is 19.0. The van der Waals surface area contributed by atoms with Crippen molar-refractivity contribution in [2.75, 3.05) is 7.05 Å². The van der Waals surface area contributed by atoms with E-state index in [1.54, 1.807) is 11.9 Å². The molecule has 0 N–H and O–H groups in total. The standard InChI is InChI=1S/C13H19N3O3/c1-8(2)11-6-12(19-15-11)13(17)16(4)7-10-5-9(3)14-18-10/h5,8,12H,6-7H2,1-4H3/t12-/m0/s1. The Bertz CT molecular complexity index is 493. The molecule has 0 unspecified atom stereocenters. The summed E-state index contributed by atoms with van der Waals surface area (Å²) < 4.78 is 5.09. The van der Waals surface area contributed by atoms with E-state index < -0.39 is 6.10 Å². The summed E-state index contributed by atoms with van der Waals surface area (Å²) in [6.07, 6.45) is 0.0578. The van der Waals surface area contributed by atoms with Crippen molar-refractivity contribution in [2.45, 2.75) is 39.8 Å². The number of amides is 1. The fourth-order valence-electron chi connectivity index (χ4n) is 1.92. The maximum absolute atomic E-state index is 12.2. The van der Waals surface area contributed by atoms with Gasteiger partial charge in [-0.25, -0.2) is 0 Å². The summed E-state index contributed by atoms with van der Waals surface area (Å²) >= 11 is 0. The molecule has 0 fully saturated rings. The minimum absolute atomic E-state index is 0.0894. The molecule has 6 nitrogen and oxygen atoms in total. The average Bonchev–Trinajstić information content (AvgIpc) is 2.97. The molecule has 2 heterocycles. The first-order chi connectivity index (χ1) is 8.97. The smallest absolute Gasteiger partial charge is 0.267 e. The van der Waals surface area contributed by atoms with Crippen LogP contribution in [0.1, 0.15) is 31.7 Å². The fourth-order valence-corrected chi connectivity index (χ4v) is 1.92. The number of aryl methyl sites for hydroxylation is 1. The van der Waals surface area contributed by atoms with E-state index in [0.717, 1.165) is 11.4 Å². The summed E-state index contributed by atoms with van der Waals surface area (Å²) in [6.45, 7) is 6.31. The molecule has 1 amide bonds. The zero-order valence-corrected chi connectivity index (χ0v) is 11.7. The number of carbonyl (C=O) groups is 1. The SMILES string of the molecule is Cc1cc(CN(C)C(=O)[C@@H]2CC(C(C)C)=NO2)on1. The van der Waals surface area contributed by atoms with Crippen molar-refractivity contribution in [3.05, 3.63) is 17.5 Å². The Balaban J connectivity index is 1.90. The molecular formula is C13H19N3O3. The summed E-state index contributed by atoms with van der Waals surface area (Å²) in [7, 11) is 1.72. The average molecular weight is 265 g/mol. The zero-order valence-electron chi connectivity index (χ0n) is 11.7. The third-order valence-electron chi connectivity index (χ3n) is 3.08. The van der Waals surface area contributed by atoms with Gasteiger partial charge in [-0.05, 0) is 12.8 Å². The van der Waals surface area contributed by atoms with Crippen LogP contribution in [-0.2, 0) is 16.2 Å². The molecule has 1 aliphatic rings. The van der Waals surface area contributed by atoms with Crippen LogP contribution in [0.4, 0.5) is 0 Å². The number of hydrogen-bond acceptors (Lipinski definition) is 5. The number of carbonyl (C=O) groups excluding carboxylic acids is 1. The van der Waals surface area contributed by atoms with E-state index in [1.807, 2.05) is 26.8 Å². The minimum atomic E-state index is -0.508. The molecule has 0 radical (unpaired) electrons. The van der Waals surface area contributed by atoms with Gasteiger partial charge in [0.05, 0.1) is 18.0 Å². The van der Waals surface area contributed by atoms with Crippen LogP contribution >= 0.6 is 0 Å². The fraction of sp³-hybridized carbons (Fsp3) is 0.615.